The van der Waals surface area contributed by atoms with Crippen LogP contribution in [0.1, 0.15) is 23.3 Å². The summed E-state index contributed by atoms with van der Waals surface area (Å²) in [6, 6.07) is 0.300. The number of carbonyl (C=O) groups excluding carboxylic acids is 2. The molecule has 0 aliphatic carbocycles. The molecule has 1 atom stereocenters. The van der Waals surface area contributed by atoms with E-state index in [1.54, 1.807) is 13.2 Å². The van der Waals surface area contributed by atoms with E-state index < -0.39 is 23.8 Å². The van der Waals surface area contributed by atoms with Gasteiger partial charge in [-0.05, 0) is 12.5 Å². The van der Waals surface area contributed by atoms with Crippen LogP contribution in [0.15, 0.2) is 12.3 Å². The summed E-state index contributed by atoms with van der Waals surface area (Å²) in [6.45, 7) is 0. The van der Waals surface area contributed by atoms with Gasteiger partial charge in [0.15, 0.2) is 0 Å². The molecule has 98 valence electrons. The average Bonchev–Trinajstić information content (AvgIpc) is 2.70. The Kier molecular flexibility index (Phi) is 4.41. The van der Waals surface area contributed by atoms with Crippen molar-refractivity contribution >= 4 is 17.8 Å². The Balaban J connectivity index is 2.63. The van der Waals surface area contributed by atoms with Gasteiger partial charge in [0.1, 0.15) is 11.7 Å². The van der Waals surface area contributed by atoms with Crippen LogP contribution < -0.4 is 11.1 Å². The highest BCUT2D eigenvalue weighted by atomic mass is 16.4. The summed E-state index contributed by atoms with van der Waals surface area (Å²) in [6.07, 6.45) is 1.40. The number of amides is 2. The molecule has 0 saturated heterocycles. The molecule has 0 unspecified atom stereocenters. The Morgan fingerprint density at radius 2 is 2.22 bits per heavy atom. The molecule has 8 heteroatoms. The first-order chi connectivity index (χ1) is 8.40. The lowest BCUT2D eigenvalue weighted by molar-refractivity contribution is -0.139. The molecule has 0 aliphatic heterocycles. The quantitative estimate of drug-likeness (QED) is 0.591. The lowest BCUT2D eigenvalue weighted by atomic mass is 10.1. The van der Waals surface area contributed by atoms with E-state index in [9.17, 15) is 14.4 Å². The van der Waals surface area contributed by atoms with E-state index in [1.165, 1.54) is 10.7 Å². The molecule has 0 aliphatic rings. The third-order valence-corrected chi connectivity index (χ3v) is 2.23. The maximum Gasteiger partial charge on any atom is 0.326 e. The number of hydrogen-bond donors (Lipinski definition) is 3. The lowest BCUT2D eigenvalue weighted by Crippen LogP contribution is -2.41. The monoisotopic (exact) mass is 254 g/mol. The van der Waals surface area contributed by atoms with Crippen molar-refractivity contribution in [2.45, 2.75) is 18.9 Å². The predicted octanol–water partition coefficient (Wildman–Crippen LogP) is -1.13. The molecule has 1 heterocycles. The van der Waals surface area contributed by atoms with Gasteiger partial charge in [-0.2, -0.15) is 5.10 Å². The molecule has 8 nitrogen and oxygen atoms in total. The first-order valence-corrected chi connectivity index (χ1v) is 5.21. The minimum Gasteiger partial charge on any atom is -0.480 e. The van der Waals surface area contributed by atoms with Crippen LogP contribution in [0.2, 0.25) is 0 Å². The molecule has 0 spiro atoms. The van der Waals surface area contributed by atoms with Gasteiger partial charge >= 0.3 is 5.97 Å². The van der Waals surface area contributed by atoms with Crippen molar-refractivity contribution in [3.8, 4) is 0 Å². The molecule has 1 aromatic heterocycles. The number of nitrogens with zero attached hydrogens (tertiary/aromatic N) is 2. The molecule has 1 aromatic rings. The number of carboxylic acid groups (broad SMARTS) is 1. The van der Waals surface area contributed by atoms with Gasteiger partial charge in [0.2, 0.25) is 5.91 Å². The van der Waals surface area contributed by atoms with Gasteiger partial charge in [-0.3, -0.25) is 14.3 Å². The standard InChI is InChI=1S/C10H14N4O4/c1-14-5-4-6(13-14)9(16)12-7(10(17)18)2-3-8(11)15/h4-5,7H,2-3H2,1H3,(H2,11,15)(H,12,16)(H,17,18)/t7-/m1/s1. The lowest BCUT2D eigenvalue weighted by Gasteiger charge is -2.12. The summed E-state index contributed by atoms with van der Waals surface area (Å²) in [5, 5.41) is 15.0. The van der Waals surface area contributed by atoms with Crippen LogP contribution in [0.4, 0.5) is 0 Å². The van der Waals surface area contributed by atoms with Gasteiger partial charge in [-0.1, -0.05) is 0 Å². The second kappa shape index (κ2) is 5.80. The number of carbonyl (C=O) groups is 3. The summed E-state index contributed by atoms with van der Waals surface area (Å²) < 4.78 is 1.42. The molecule has 0 saturated carbocycles. The Labute approximate surface area is 103 Å². The molecule has 18 heavy (non-hydrogen) atoms. The molecule has 0 aromatic carbocycles. The van der Waals surface area contributed by atoms with Gasteiger partial charge in [0.25, 0.3) is 5.91 Å². The highest BCUT2D eigenvalue weighted by molar-refractivity contribution is 5.94. The van der Waals surface area contributed by atoms with Crippen LogP contribution in [0.25, 0.3) is 0 Å². The highest BCUT2D eigenvalue weighted by Crippen LogP contribution is 2.00. The maximum absolute atomic E-state index is 11.7. The molecular formula is C10H14N4O4. The van der Waals surface area contributed by atoms with Crippen molar-refractivity contribution in [2.24, 2.45) is 12.8 Å². The van der Waals surface area contributed by atoms with Crippen LogP contribution in [-0.4, -0.2) is 38.7 Å². The Morgan fingerprint density at radius 1 is 1.56 bits per heavy atom. The van der Waals surface area contributed by atoms with E-state index in [1.807, 2.05) is 0 Å². The molecule has 0 radical (unpaired) electrons. The third-order valence-electron chi connectivity index (χ3n) is 2.23. The van der Waals surface area contributed by atoms with Crippen LogP contribution in [0.5, 0.6) is 0 Å². The first kappa shape index (κ1) is 13.7. The van der Waals surface area contributed by atoms with E-state index in [0.717, 1.165) is 0 Å². The average molecular weight is 254 g/mol. The number of aromatic nitrogens is 2. The van der Waals surface area contributed by atoms with E-state index in [2.05, 4.69) is 10.4 Å². The first-order valence-electron chi connectivity index (χ1n) is 5.21. The molecular weight excluding hydrogens is 240 g/mol. The van der Waals surface area contributed by atoms with Crippen molar-refractivity contribution < 1.29 is 19.5 Å². The molecule has 0 bridgehead atoms. The topological polar surface area (TPSA) is 127 Å². The van der Waals surface area contributed by atoms with Gasteiger partial charge < -0.3 is 16.2 Å². The van der Waals surface area contributed by atoms with Gasteiger partial charge in [0.05, 0.1) is 0 Å². The van der Waals surface area contributed by atoms with Crippen molar-refractivity contribution in [3.05, 3.63) is 18.0 Å². The van der Waals surface area contributed by atoms with Gasteiger partial charge in [-0.25, -0.2) is 4.79 Å². The predicted molar refractivity (Wildman–Crippen MR) is 60.5 cm³/mol. The number of nitrogens with two attached hydrogens (primary N) is 1. The number of hydrogen-bond acceptors (Lipinski definition) is 4. The highest BCUT2D eigenvalue weighted by Gasteiger charge is 2.22. The molecule has 2 amide bonds. The van der Waals surface area contributed by atoms with E-state index >= 15 is 0 Å². The molecule has 0 fully saturated rings. The number of aryl methyl sites for hydroxylation is 1. The second-order valence-electron chi connectivity index (χ2n) is 3.74. The van der Waals surface area contributed by atoms with Crippen LogP contribution in [0.3, 0.4) is 0 Å². The Bertz CT molecular complexity index is 468. The summed E-state index contributed by atoms with van der Waals surface area (Å²) >= 11 is 0. The largest absolute Gasteiger partial charge is 0.480 e. The maximum atomic E-state index is 11.7. The van der Waals surface area contributed by atoms with E-state index in [0.29, 0.717) is 0 Å². The van der Waals surface area contributed by atoms with Crippen molar-refractivity contribution in [3.63, 3.8) is 0 Å². The second-order valence-corrected chi connectivity index (χ2v) is 3.74. The fourth-order valence-corrected chi connectivity index (χ4v) is 1.31. The smallest absolute Gasteiger partial charge is 0.326 e. The van der Waals surface area contributed by atoms with E-state index in [-0.39, 0.29) is 18.5 Å². The SMILES string of the molecule is Cn1ccc(C(=O)N[C@H](CCC(N)=O)C(=O)O)n1. The van der Waals surface area contributed by atoms with Crippen LogP contribution >= 0.6 is 0 Å². The minimum absolute atomic E-state index is 0.0523. The Morgan fingerprint density at radius 3 is 2.67 bits per heavy atom. The zero-order valence-corrected chi connectivity index (χ0v) is 9.79. The normalized spacial score (nSPS) is 11.8. The van der Waals surface area contributed by atoms with Crippen molar-refractivity contribution in [1.82, 2.24) is 15.1 Å². The summed E-state index contributed by atoms with van der Waals surface area (Å²) in [4.78, 5) is 33.1. The van der Waals surface area contributed by atoms with Crippen molar-refractivity contribution in [2.75, 3.05) is 0 Å². The zero-order valence-electron chi connectivity index (χ0n) is 9.79. The fraction of sp³-hybridized carbons (Fsp3) is 0.400. The Hall–Kier alpha value is -2.38. The number of aliphatic carboxylic acids is 1. The van der Waals surface area contributed by atoms with Crippen molar-refractivity contribution in [1.29, 1.82) is 0 Å². The molecule has 4 N–H and O–H groups in total. The van der Waals surface area contributed by atoms with Crippen LogP contribution in [-0.2, 0) is 16.6 Å². The zero-order chi connectivity index (χ0) is 13.7. The van der Waals surface area contributed by atoms with Crippen LogP contribution in [0, 0.1) is 0 Å². The minimum atomic E-state index is -1.22. The third kappa shape index (κ3) is 3.89. The number of nitrogens with one attached hydrogen (secondary N) is 1. The van der Waals surface area contributed by atoms with Gasteiger partial charge in [0, 0.05) is 19.7 Å². The number of primary amides is 1. The van der Waals surface area contributed by atoms with Gasteiger partial charge in [-0.15, -0.1) is 0 Å². The summed E-state index contributed by atoms with van der Waals surface area (Å²) in [5.41, 5.74) is 5.04. The van der Waals surface area contributed by atoms with E-state index in [4.69, 9.17) is 10.8 Å². The summed E-state index contributed by atoms with van der Waals surface area (Å²) in [7, 11) is 1.64. The molecule has 1 rings (SSSR count). The summed E-state index contributed by atoms with van der Waals surface area (Å²) in [5.74, 6) is -2.44. The fourth-order valence-electron chi connectivity index (χ4n) is 1.31. The number of rotatable bonds is 6. The number of carboxylic acids is 1.